The highest BCUT2D eigenvalue weighted by Gasteiger charge is 2.57. The summed E-state index contributed by atoms with van der Waals surface area (Å²) >= 11 is 0. The van der Waals surface area contributed by atoms with Crippen LogP contribution in [0.1, 0.15) is 18.4 Å². The van der Waals surface area contributed by atoms with Crippen LogP contribution in [0, 0.1) is 17.8 Å². The molecule has 0 aliphatic heterocycles. The van der Waals surface area contributed by atoms with E-state index in [-0.39, 0.29) is 41.0 Å². The van der Waals surface area contributed by atoms with Gasteiger partial charge in [0.15, 0.2) is 11.5 Å². The van der Waals surface area contributed by atoms with Crippen LogP contribution in [-0.2, 0) is 14.3 Å². The van der Waals surface area contributed by atoms with Gasteiger partial charge >= 0.3 is 0 Å². The Hall–Kier alpha value is -2.10. The fourth-order valence-electron chi connectivity index (χ4n) is 3.67. The van der Waals surface area contributed by atoms with Crippen LogP contribution in [0.25, 0.3) is 0 Å². The van der Waals surface area contributed by atoms with Crippen LogP contribution in [0.3, 0.4) is 0 Å². The number of allylic oxidation sites excluding steroid dienone is 2. The van der Waals surface area contributed by atoms with Gasteiger partial charge in [0.2, 0.25) is 5.78 Å². The number of carbonyl (C=O) groups is 2. The summed E-state index contributed by atoms with van der Waals surface area (Å²) in [4.78, 5) is 24.6. The molecule has 0 radical (unpaired) electrons. The molecule has 4 heteroatoms. The highest BCUT2D eigenvalue weighted by atomic mass is 16.5. The second-order valence-corrected chi connectivity index (χ2v) is 5.69. The van der Waals surface area contributed by atoms with E-state index in [4.69, 9.17) is 9.47 Å². The van der Waals surface area contributed by atoms with Crippen molar-refractivity contribution in [2.45, 2.75) is 12.8 Å². The second-order valence-electron chi connectivity index (χ2n) is 5.69. The molecule has 2 aliphatic rings. The fraction of sp³-hybridized carbons (Fsp3) is 0.412. The Balaban J connectivity index is 1.93. The standard InChI is InChI=1S/C17H18O4/c1-9-14(10-4-6-11(20-2)7-5-10)16-15(9)12(18)8-13(21-3)17(16)19/h4-9,14-16H,1-3H3/t9-,14+,15+,16+/m1/s1. The van der Waals surface area contributed by atoms with Gasteiger partial charge in [-0.1, -0.05) is 19.1 Å². The molecule has 0 N–H and O–H groups in total. The molecule has 1 aromatic rings. The average Bonchev–Trinajstić information content (AvgIpc) is 2.49. The number of benzene rings is 1. The lowest BCUT2D eigenvalue weighted by Gasteiger charge is -2.50. The molecule has 0 spiro atoms. The van der Waals surface area contributed by atoms with E-state index in [1.165, 1.54) is 13.2 Å². The quantitative estimate of drug-likeness (QED) is 0.856. The molecule has 4 nitrogen and oxygen atoms in total. The molecule has 0 unspecified atom stereocenters. The van der Waals surface area contributed by atoms with Crippen molar-refractivity contribution in [3.8, 4) is 5.75 Å². The second kappa shape index (κ2) is 5.02. The first-order valence-corrected chi connectivity index (χ1v) is 7.06. The van der Waals surface area contributed by atoms with Crippen LogP contribution in [0.2, 0.25) is 0 Å². The fourth-order valence-corrected chi connectivity index (χ4v) is 3.67. The number of ether oxygens (including phenoxy) is 2. The number of methoxy groups -OCH3 is 2. The number of hydrogen-bond acceptors (Lipinski definition) is 4. The molecule has 0 aromatic heterocycles. The molecule has 110 valence electrons. The molecule has 3 rings (SSSR count). The number of Topliss-reactive ketones (excluding diaryl/α,β-unsaturated/α-hetero) is 1. The summed E-state index contributed by atoms with van der Waals surface area (Å²) < 4.78 is 10.2. The van der Waals surface area contributed by atoms with Gasteiger partial charge in [0.1, 0.15) is 5.75 Å². The average molecular weight is 286 g/mol. The first-order valence-electron chi connectivity index (χ1n) is 7.06. The lowest BCUT2D eigenvalue weighted by atomic mass is 9.51. The molecule has 21 heavy (non-hydrogen) atoms. The predicted molar refractivity (Wildman–Crippen MR) is 77.0 cm³/mol. The lowest BCUT2D eigenvalue weighted by Crippen LogP contribution is -2.53. The maximum Gasteiger partial charge on any atom is 0.201 e. The zero-order chi connectivity index (χ0) is 15.1. The van der Waals surface area contributed by atoms with Crippen LogP contribution in [0.15, 0.2) is 36.1 Å². The van der Waals surface area contributed by atoms with Gasteiger partial charge < -0.3 is 9.47 Å². The van der Waals surface area contributed by atoms with Crippen molar-refractivity contribution in [2.24, 2.45) is 17.8 Å². The number of carbonyl (C=O) groups excluding carboxylic acids is 2. The Morgan fingerprint density at radius 1 is 0.905 bits per heavy atom. The van der Waals surface area contributed by atoms with Gasteiger partial charge in [-0.05, 0) is 29.5 Å². The molecular formula is C17H18O4. The SMILES string of the molecule is COC1=CC(=O)[C@@H]2[C@H](C)[C@@H](c3ccc(OC)cc3)[C@@H]2C1=O. The maximum absolute atomic E-state index is 12.4. The van der Waals surface area contributed by atoms with E-state index in [9.17, 15) is 9.59 Å². The van der Waals surface area contributed by atoms with Gasteiger partial charge in [-0.2, -0.15) is 0 Å². The van der Waals surface area contributed by atoms with Gasteiger partial charge in [-0.25, -0.2) is 0 Å². The van der Waals surface area contributed by atoms with Crippen molar-refractivity contribution in [3.63, 3.8) is 0 Å². The first-order chi connectivity index (χ1) is 10.1. The first kappa shape index (κ1) is 13.9. The van der Waals surface area contributed by atoms with Gasteiger partial charge in [0.05, 0.1) is 14.2 Å². The van der Waals surface area contributed by atoms with Crippen LogP contribution in [-0.4, -0.2) is 25.8 Å². The zero-order valence-corrected chi connectivity index (χ0v) is 12.3. The van der Waals surface area contributed by atoms with Gasteiger partial charge in [0, 0.05) is 17.9 Å². The molecule has 4 atom stereocenters. The minimum atomic E-state index is -0.291. The predicted octanol–water partition coefficient (Wildman–Crippen LogP) is 2.34. The van der Waals surface area contributed by atoms with Crippen molar-refractivity contribution in [1.29, 1.82) is 0 Å². The van der Waals surface area contributed by atoms with Crippen molar-refractivity contribution < 1.29 is 19.1 Å². The topological polar surface area (TPSA) is 52.6 Å². The Bertz CT molecular complexity index is 614. The third-order valence-electron chi connectivity index (χ3n) is 4.77. The molecule has 1 fully saturated rings. The van der Waals surface area contributed by atoms with E-state index in [1.807, 2.05) is 31.2 Å². The minimum Gasteiger partial charge on any atom is -0.497 e. The Morgan fingerprint density at radius 3 is 2.14 bits per heavy atom. The highest BCUT2D eigenvalue weighted by molar-refractivity contribution is 6.11. The summed E-state index contributed by atoms with van der Waals surface area (Å²) in [5.41, 5.74) is 1.07. The minimum absolute atomic E-state index is 0.00807. The van der Waals surface area contributed by atoms with E-state index in [0.29, 0.717) is 0 Å². The summed E-state index contributed by atoms with van der Waals surface area (Å²) in [6.45, 7) is 2.03. The van der Waals surface area contributed by atoms with Crippen molar-refractivity contribution in [1.82, 2.24) is 0 Å². The summed E-state index contributed by atoms with van der Waals surface area (Å²) in [7, 11) is 3.05. The molecule has 0 saturated heterocycles. The largest absolute Gasteiger partial charge is 0.497 e. The van der Waals surface area contributed by atoms with Crippen molar-refractivity contribution in [3.05, 3.63) is 41.7 Å². The third-order valence-corrected chi connectivity index (χ3v) is 4.77. The van der Waals surface area contributed by atoms with E-state index < -0.39 is 0 Å². The third kappa shape index (κ3) is 1.97. The van der Waals surface area contributed by atoms with Crippen LogP contribution >= 0.6 is 0 Å². The number of fused-ring (bicyclic) bond motifs is 1. The summed E-state index contributed by atoms with van der Waals surface area (Å²) in [5.74, 6) is 0.655. The molecule has 0 bridgehead atoms. The number of ketones is 2. The van der Waals surface area contributed by atoms with E-state index in [1.54, 1.807) is 7.11 Å². The summed E-state index contributed by atoms with van der Waals surface area (Å²) in [5, 5.41) is 0. The molecular weight excluding hydrogens is 268 g/mol. The molecule has 0 heterocycles. The van der Waals surface area contributed by atoms with E-state index in [0.717, 1.165) is 11.3 Å². The Labute approximate surface area is 123 Å². The van der Waals surface area contributed by atoms with Gasteiger partial charge in [-0.3, -0.25) is 9.59 Å². The van der Waals surface area contributed by atoms with Gasteiger partial charge in [-0.15, -0.1) is 0 Å². The Morgan fingerprint density at radius 2 is 1.57 bits per heavy atom. The highest BCUT2D eigenvalue weighted by Crippen LogP contribution is 2.55. The van der Waals surface area contributed by atoms with Crippen molar-refractivity contribution in [2.75, 3.05) is 14.2 Å². The summed E-state index contributed by atoms with van der Waals surface area (Å²) in [6, 6.07) is 7.71. The maximum atomic E-state index is 12.4. The van der Waals surface area contributed by atoms with Crippen LogP contribution < -0.4 is 4.74 Å². The van der Waals surface area contributed by atoms with E-state index >= 15 is 0 Å². The summed E-state index contributed by atoms with van der Waals surface area (Å²) in [6.07, 6.45) is 1.35. The van der Waals surface area contributed by atoms with Crippen LogP contribution in [0.5, 0.6) is 5.75 Å². The zero-order valence-electron chi connectivity index (χ0n) is 12.3. The molecule has 0 amide bonds. The molecule has 1 saturated carbocycles. The lowest BCUT2D eigenvalue weighted by molar-refractivity contribution is -0.144. The normalized spacial score (nSPS) is 31.1. The number of rotatable bonds is 3. The smallest absolute Gasteiger partial charge is 0.201 e. The van der Waals surface area contributed by atoms with Crippen LogP contribution in [0.4, 0.5) is 0 Å². The van der Waals surface area contributed by atoms with E-state index in [2.05, 4.69) is 0 Å². The molecule has 1 aromatic carbocycles. The monoisotopic (exact) mass is 286 g/mol. The Kier molecular flexibility index (Phi) is 3.32. The molecule has 2 aliphatic carbocycles. The van der Waals surface area contributed by atoms with Crippen molar-refractivity contribution >= 4 is 11.6 Å². The number of hydrogen-bond donors (Lipinski definition) is 0. The van der Waals surface area contributed by atoms with Gasteiger partial charge in [0.25, 0.3) is 0 Å².